The number of amides is 2. The lowest BCUT2D eigenvalue weighted by Gasteiger charge is -2.38. The van der Waals surface area contributed by atoms with Crippen molar-refractivity contribution in [2.24, 2.45) is 13.0 Å². The highest BCUT2D eigenvalue weighted by Crippen LogP contribution is 2.33. The second-order valence-corrected chi connectivity index (χ2v) is 7.89. The van der Waals surface area contributed by atoms with Crippen molar-refractivity contribution in [1.82, 2.24) is 14.7 Å². The Morgan fingerprint density at radius 2 is 2.07 bits per heavy atom. The molecule has 0 bridgehead atoms. The van der Waals surface area contributed by atoms with Crippen molar-refractivity contribution in [1.29, 1.82) is 0 Å². The Balaban J connectivity index is 1.44. The summed E-state index contributed by atoms with van der Waals surface area (Å²) in [6, 6.07) is 8.36. The number of carbonyl (C=O) groups is 2. The van der Waals surface area contributed by atoms with Crippen molar-refractivity contribution in [2.75, 3.05) is 25.1 Å². The molecule has 1 aromatic carbocycles. The van der Waals surface area contributed by atoms with E-state index in [2.05, 4.69) is 10.4 Å². The first-order valence-corrected chi connectivity index (χ1v) is 9.89. The van der Waals surface area contributed by atoms with Gasteiger partial charge in [0.1, 0.15) is 18.4 Å². The third kappa shape index (κ3) is 4.33. The van der Waals surface area contributed by atoms with Crippen LogP contribution in [-0.2, 0) is 16.6 Å². The van der Waals surface area contributed by atoms with Gasteiger partial charge in [-0.1, -0.05) is 12.1 Å². The van der Waals surface area contributed by atoms with E-state index < -0.39 is 12.1 Å². The van der Waals surface area contributed by atoms with E-state index in [4.69, 9.17) is 4.74 Å². The molecule has 2 heterocycles. The Labute approximate surface area is 169 Å². The molecule has 2 aliphatic rings. The molecule has 0 radical (unpaired) electrons. The number of anilines is 1. The maximum absolute atomic E-state index is 12.4. The highest BCUT2D eigenvalue weighted by Gasteiger charge is 2.37. The number of hydrogen-bond acceptors (Lipinski definition) is 5. The van der Waals surface area contributed by atoms with E-state index in [1.165, 1.54) is 4.68 Å². The molecule has 2 unspecified atom stereocenters. The molecular formula is C21H26N4O4. The van der Waals surface area contributed by atoms with Gasteiger partial charge in [-0.15, -0.1) is 0 Å². The quantitative estimate of drug-likeness (QED) is 0.771. The van der Waals surface area contributed by atoms with Crippen LogP contribution >= 0.6 is 0 Å². The highest BCUT2D eigenvalue weighted by molar-refractivity contribution is 6.03. The summed E-state index contributed by atoms with van der Waals surface area (Å²) in [7, 11) is 1.72. The number of hydrogen-bond donors (Lipinski definition) is 2. The molecule has 2 N–H and O–H groups in total. The van der Waals surface area contributed by atoms with E-state index in [9.17, 15) is 14.7 Å². The summed E-state index contributed by atoms with van der Waals surface area (Å²) < 4.78 is 6.93. The van der Waals surface area contributed by atoms with Crippen LogP contribution in [0, 0.1) is 12.8 Å². The number of aromatic nitrogens is 2. The summed E-state index contributed by atoms with van der Waals surface area (Å²) in [6.07, 6.45) is 1.43. The normalized spacial score (nSPS) is 20.6. The fourth-order valence-corrected chi connectivity index (χ4v) is 3.71. The zero-order valence-corrected chi connectivity index (χ0v) is 16.7. The van der Waals surface area contributed by atoms with Crippen LogP contribution in [0.3, 0.4) is 0 Å². The first-order valence-electron chi connectivity index (χ1n) is 9.89. The minimum absolute atomic E-state index is 0.0671. The molecule has 1 aliphatic heterocycles. The second-order valence-electron chi connectivity index (χ2n) is 7.89. The van der Waals surface area contributed by atoms with Gasteiger partial charge in [0, 0.05) is 19.3 Å². The molecule has 29 heavy (non-hydrogen) atoms. The Bertz CT molecular complexity index is 904. The van der Waals surface area contributed by atoms with Gasteiger partial charge in [0.15, 0.2) is 0 Å². The van der Waals surface area contributed by atoms with Crippen molar-refractivity contribution in [3.05, 3.63) is 47.3 Å². The predicted octanol–water partition coefficient (Wildman–Crippen LogP) is 1.65. The van der Waals surface area contributed by atoms with Crippen LogP contribution in [-0.4, -0.2) is 57.4 Å². The average Bonchev–Trinajstić information content (AvgIpc) is 3.45. The molecule has 1 saturated carbocycles. The summed E-state index contributed by atoms with van der Waals surface area (Å²) >= 11 is 0. The number of nitrogens with one attached hydrogen (secondary N) is 1. The Kier molecular flexibility index (Phi) is 5.38. The highest BCUT2D eigenvalue weighted by atomic mass is 16.5. The maximum Gasteiger partial charge on any atom is 0.273 e. The van der Waals surface area contributed by atoms with Crippen molar-refractivity contribution in [2.45, 2.75) is 31.9 Å². The van der Waals surface area contributed by atoms with Gasteiger partial charge in [0.25, 0.3) is 5.91 Å². The molecular weight excluding hydrogens is 372 g/mol. The van der Waals surface area contributed by atoms with Gasteiger partial charge >= 0.3 is 0 Å². The molecule has 1 aromatic heterocycles. The van der Waals surface area contributed by atoms with Crippen LogP contribution in [0.5, 0.6) is 0 Å². The average molecular weight is 398 g/mol. The molecule has 2 amide bonds. The lowest BCUT2D eigenvalue weighted by atomic mass is 9.99. The number of rotatable bonds is 6. The van der Waals surface area contributed by atoms with E-state index in [0.717, 1.165) is 18.5 Å². The van der Waals surface area contributed by atoms with Gasteiger partial charge in [-0.3, -0.25) is 14.3 Å². The van der Waals surface area contributed by atoms with Gasteiger partial charge < -0.3 is 20.1 Å². The minimum atomic E-state index is -0.845. The van der Waals surface area contributed by atoms with Crippen LogP contribution in [0.1, 0.15) is 40.7 Å². The summed E-state index contributed by atoms with van der Waals surface area (Å²) in [5.41, 5.74) is 2.55. The van der Waals surface area contributed by atoms with Crippen molar-refractivity contribution < 1.29 is 19.4 Å². The fourth-order valence-electron chi connectivity index (χ4n) is 3.71. The number of aryl methyl sites for hydroxylation is 2. The smallest absolute Gasteiger partial charge is 0.273 e. The molecule has 2 atom stereocenters. The molecule has 8 heteroatoms. The largest absolute Gasteiger partial charge is 0.386 e. The van der Waals surface area contributed by atoms with Gasteiger partial charge in [0.05, 0.1) is 18.3 Å². The lowest BCUT2D eigenvalue weighted by Crippen LogP contribution is -2.52. The lowest BCUT2D eigenvalue weighted by molar-refractivity contribution is -0.154. The number of benzene rings is 1. The van der Waals surface area contributed by atoms with E-state index >= 15 is 0 Å². The zero-order valence-electron chi connectivity index (χ0n) is 16.7. The molecule has 1 aliphatic carbocycles. The first-order chi connectivity index (χ1) is 13.9. The standard InChI is InChI=1S/C21H26N4O4/c1-13-9-17(24(2)23-13)21(28)22-16-7-5-15(6-8-16)20(27)18-11-29-12-19(26)25(18)10-14-3-4-14/h5-9,14,18,20,27H,3-4,10-12H2,1-2H3,(H,22,28). The van der Waals surface area contributed by atoms with Crippen LogP contribution < -0.4 is 5.32 Å². The van der Waals surface area contributed by atoms with Gasteiger partial charge in [-0.05, 0) is 49.4 Å². The molecule has 154 valence electrons. The SMILES string of the molecule is Cc1cc(C(=O)Nc2ccc(C(O)C3COCC(=O)N3CC3CC3)cc2)n(C)n1. The summed E-state index contributed by atoms with van der Waals surface area (Å²) in [5, 5.41) is 17.9. The number of nitrogens with zero attached hydrogens (tertiary/aromatic N) is 3. The van der Waals surface area contributed by atoms with Gasteiger partial charge in [-0.25, -0.2) is 0 Å². The van der Waals surface area contributed by atoms with Crippen molar-refractivity contribution in [3.63, 3.8) is 0 Å². The Morgan fingerprint density at radius 3 is 2.69 bits per heavy atom. The van der Waals surface area contributed by atoms with Crippen molar-refractivity contribution in [3.8, 4) is 0 Å². The van der Waals surface area contributed by atoms with Crippen LogP contribution in [0.15, 0.2) is 30.3 Å². The zero-order chi connectivity index (χ0) is 20.5. The van der Waals surface area contributed by atoms with E-state index in [1.807, 2.05) is 6.92 Å². The number of carbonyl (C=O) groups excluding carboxylic acids is 2. The van der Waals surface area contributed by atoms with Gasteiger partial charge in [-0.2, -0.15) is 5.10 Å². The van der Waals surface area contributed by atoms with Crippen molar-refractivity contribution >= 4 is 17.5 Å². The van der Waals surface area contributed by atoms with Crippen LogP contribution in [0.4, 0.5) is 5.69 Å². The minimum Gasteiger partial charge on any atom is -0.386 e. The van der Waals surface area contributed by atoms with E-state index in [-0.39, 0.29) is 18.4 Å². The second kappa shape index (κ2) is 7.96. The Morgan fingerprint density at radius 1 is 1.34 bits per heavy atom. The first kappa shape index (κ1) is 19.6. The molecule has 8 nitrogen and oxygen atoms in total. The van der Waals surface area contributed by atoms with E-state index in [0.29, 0.717) is 36.0 Å². The number of aliphatic hydroxyl groups excluding tert-OH is 1. The summed E-state index contributed by atoms with van der Waals surface area (Å²) in [6.45, 7) is 2.91. The third-order valence-electron chi connectivity index (χ3n) is 5.50. The summed E-state index contributed by atoms with van der Waals surface area (Å²) in [4.78, 5) is 26.5. The van der Waals surface area contributed by atoms with Gasteiger partial charge in [0.2, 0.25) is 5.91 Å². The van der Waals surface area contributed by atoms with E-state index in [1.54, 1.807) is 42.3 Å². The molecule has 1 saturated heterocycles. The number of ether oxygens (including phenoxy) is 1. The monoisotopic (exact) mass is 398 g/mol. The molecule has 2 fully saturated rings. The number of aliphatic hydroxyl groups is 1. The Hall–Kier alpha value is -2.71. The number of morpholine rings is 1. The fraction of sp³-hybridized carbons (Fsp3) is 0.476. The topological polar surface area (TPSA) is 96.7 Å². The third-order valence-corrected chi connectivity index (χ3v) is 5.50. The predicted molar refractivity (Wildman–Crippen MR) is 106 cm³/mol. The summed E-state index contributed by atoms with van der Waals surface area (Å²) in [5.74, 6) is 0.228. The van der Waals surface area contributed by atoms with Crippen LogP contribution in [0.25, 0.3) is 0 Å². The van der Waals surface area contributed by atoms with Crippen LogP contribution in [0.2, 0.25) is 0 Å². The maximum atomic E-state index is 12.4. The molecule has 2 aromatic rings. The molecule has 4 rings (SSSR count). The molecule has 0 spiro atoms.